The molecular formula is C11H19NO4. The Labute approximate surface area is 95.5 Å². The molecule has 1 amide bonds. The number of carbonyl (C=O) groups excluding carboxylic acids is 2. The van der Waals surface area contributed by atoms with Gasteiger partial charge in [0.15, 0.2) is 0 Å². The molecule has 0 aromatic carbocycles. The minimum absolute atomic E-state index is 0.219. The lowest BCUT2D eigenvalue weighted by atomic mass is 10.1. The van der Waals surface area contributed by atoms with Crippen LogP contribution in [0.3, 0.4) is 0 Å². The van der Waals surface area contributed by atoms with Crippen LogP contribution in [-0.2, 0) is 19.1 Å². The number of carbonyl (C=O) groups is 2. The molecular weight excluding hydrogens is 210 g/mol. The molecule has 92 valence electrons. The predicted octanol–water partition coefficient (Wildman–Crippen LogP) is 0.625. The molecule has 0 aliphatic carbocycles. The van der Waals surface area contributed by atoms with E-state index in [1.807, 2.05) is 0 Å². The second-order valence-electron chi connectivity index (χ2n) is 3.75. The summed E-state index contributed by atoms with van der Waals surface area (Å²) in [6.45, 7) is 3.15. The van der Waals surface area contributed by atoms with Gasteiger partial charge in [0.2, 0.25) is 0 Å². The summed E-state index contributed by atoms with van der Waals surface area (Å²) in [6.07, 6.45) is 4.30. The highest BCUT2D eigenvalue weighted by Crippen LogP contribution is 2.14. The van der Waals surface area contributed by atoms with Crippen molar-refractivity contribution >= 4 is 11.9 Å². The summed E-state index contributed by atoms with van der Waals surface area (Å²) in [4.78, 5) is 22.1. The third kappa shape index (κ3) is 4.61. The van der Waals surface area contributed by atoms with Crippen molar-refractivity contribution in [3.63, 3.8) is 0 Å². The van der Waals surface area contributed by atoms with E-state index < -0.39 is 11.9 Å². The van der Waals surface area contributed by atoms with E-state index in [2.05, 4.69) is 10.1 Å². The molecule has 0 spiro atoms. The van der Waals surface area contributed by atoms with Crippen molar-refractivity contribution in [2.75, 3.05) is 19.8 Å². The van der Waals surface area contributed by atoms with Gasteiger partial charge in [-0.05, 0) is 32.6 Å². The van der Waals surface area contributed by atoms with Gasteiger partial charge in [-0.25, -0.2) is 4.79 Å². The average Bonchev–Trinajstić information content (AvgIpc) is 2.30. The molecule has 1 aliphatic heterocycles. The Balaban J connectivity index is 2.09. The third-order valence-electron chi connectivity index (χ3n) is 2.49. The van der Waals surface area contributed by atoms with Crippen LogP contribution in [-0.4, -0.2) is 37.7 Å². The summed E-state index contributed by atoms with van der Waals surface area (Å²) in [6, 6.07) is 0. The fourth-order valence-electron chi connectivity index (χ4n) is 1.65. The fraction of sp³-hybridized carbons (Fsp3) is 0.818. The van der Waals surface area contributed by atoms with Crippen molar-refractivity contribution < 1.29 is 19.1 Å². The summed E-state index contributed by atoms with van der Waals surface area (Å²) < 4.78 is 10.1. The standard InChI is InChI=1S/C11H19NO4/c1-2-15-11(14)10(13)12-7-6-9-5-3-4-8-16-9/h9H,2-8H2,1H3,(H,12,13). The lowest BCUT2D eigenvalue weighted by Crippen LogP contribution is -2.35. The molecule has 5 heteroatoms. The molecule has 1 aliphatic rings. The van der Waals surface area contributed by atoms with E-state index >= 15 is 0 Å². The van der Waals surface area contributed by atoms with Gasteiger partial charge in [0, 0.05) is 13.2 Å². The highest BCUT2D eigenvalue weighted by atomic mass is 16.5. The van der Waals surface area contributed by atoms with Crippen molar-refractivity contribution in [1.29, 1.82) is 0 Å². The summed E-state index contributed by atoms with van der Waals surface area (Å²) in [5.41, 5.74) is 0. The van der Waals surface area contributed by atoms with Crippen LogP contribution in [0.4, 0.5) is 0 Å². The Bertz CT molecular complexity index is 236. The van der Waals surface area contributed by atoms with Gasteiger partial charge in [-0.15, -0.1) is 0 Å². The van der Waals surface area contributed by atoms with Crippen LogP contribution in [0.15, 0.2) is 0 Å². The minimum atomic E-state index is -0.813. The maximum Gasteiger partial charge on any atom is 0.396 e. The van der Waals surface area contributed by atoms with E-state index in [0.717, 1.165) is 25.9 Å². The summed E-state index contributed by atoms with van der Waals surface area (Å²) >= 11 is 0. The van der Waals surface area contributed by atoms with E-state index in [-0.39, 0.29) is 12.7 Å². The van der Waals surface area contributed by atoms with Crippen LogP contribution in [0.1, 0.15) is 32.6 Å². The van der Waals surface area contributed by atoms with Gasteiger partial charge < -0.3 is 14.8 Å². The quantitative estimate of drug-likeness (QED) is 0.567. The van der Waals surface area contributed by atoms with Crippen molar-refractivity contribution in [2.24, 2.45) is 0 Å². The number of esters is 1. The maximum atomic E-state index is 11.1. The van der Waals surface area contributed by atoms with Crippen LogP contribution in [0.5, 0.6) is 0 Å². The molecule has 16 heavy (non-hydrogen) atoms. The molecule has 0 bridgehead atoms. The zero-order chi connectivity index (χ0) is 11.8. The van der Waals surface area contributed by atoms with Gasteiger partial charge >= 0.3 is 11.9 Å². The average molecular weight is 229 g/mol. The fourth-order valence-corrected chi connectivity index (χ4v) is 1.65. The normalized spacial score (nSPS) is 20.2. The van der Waals surface area contributed by atoms with Crippen LogP contribution in [0, 0.1) is 0 Å². The molecule has 1 heterocycles. The first-order valence-electron chi connectivity index (χ1n) is 5.80. The molecule has 0 radical (unpaired) electrons. The molecule has 1 unspecified atom stereocenters. The van der Waals surface area contributed by atoms with Gasteiger partial charge in [-0.3, -0.25) is 4.79 Å². The highest BCUT2D eigenvalue weighted by molar-refractivity contribution is 6.32. The molecule has 0 aromatic heterocycles. The number of rotatable bonds is 4. The van der Waals surface area contributed by atoms with E-state index in [1.165, 1.54) is 6.42 Å². The monoisotopic (exact) mass is 229 g/mol. The Morgan fingerprint density at radius 3 is 2.88 bits per heavy atom. The van der Waals surface area contributed by atoms with Gasteiger partial charge in [-0.2, -0.15) is 0 Å². The first kappa shape index (κ1) is 13.0. The minimum Gasteiger partial charge on any atom is -0.459 e. The van der Waals surface area contributed by atoms with Gasteiger partial charge in [0.25, 0.3) is 0 Å². The zero-order valence-electron chi connectivity index (χ0n) is 9.66. The number of hydrogen-bond acceptors (Lipinski definition) is 4. The summed E-state index contributed by atoms with van der Waals surface area (Å²) in [5, 5.41) is 2.52. The molecule has 1 atom stereocenters. The first-order chi connectivity index (χ1) is 7.74. The first-order valence-corrected chi connectivity index (χ1v) is 5.80. The van der Waals surface area contributed by atoms with Crippen molar-refractivity contribution in [3.8, 4) is 0 Å². The number of ether oxygens (including phenoxy) is 2. The second-order valence-corrected chi connectivity index (χ2v) is 3.75. The SMILES string of the molecule is CCOC(=O)C(=O)NCCC1CCCCO1. The zero-order valence-corrected chi connectivity index (χ0v) is 9.66. The van der Waals surface area contributed by atoms with Crippen LogP contribution < -0.4 is 5.32 Å². The number of hydrogen-bond donors (Lipinski definition) is 1. The van der Waals surface area contributed by atoms with E-state index in [0.29, 0.717) is 6.54 Å². The van der Waals surface area contributed by atoms with Gasteiger partial charge in [0.1, 0.15) is 0 Å². The van der Waals surface area contributed by atoms with E-state index in [4.69, 9.17) is 4.74 Å². The molecule has 1 fully saturated rings. The van der Waals surface area contributed by atoms with Crippen LogP contribution in [0.2, 0.25) is 0 Å². The van der Waals surface area contributed by atoms with Crippen LogP contribution >= 0.6 is 0 Å². The lowest BCUT2D eigenvalue weighted by molar-refractivity contribution is -0.154. The molecule has 0 saturated carbocycles. The number of amides is 1. The Kier molecular flexibility index (Phi) is 5.85. The maximum absolute atomic E-state index is 11.1. The third-order valence-corrected chi connectivity index (χ3v) is 2.49. The van der Waals surface area contributed by atoms with Gasteiger partial charge in [-0.1, -0.05) is 0 Å². The molecule has 0 aromatic rings. The summed E-state index contributed by atoms with van der Waals surface area (Å²) in [7, 11) is 0. The molecule has 1 saturated heterocycles. The van der Waals surface area contributed by atoms with Crippen LogP contribution in [0.25, 0.3) is 0 Å². The number of nitrogens with one attached hydrogen (secondary N) is 1. The molecule has 1 N–H and O–H groups in total. The Morgan fingerprint density at radius 2 is 2.25 bits per heavy atom. The van der Waals surface area contributed by atoms with Crippen molar-refractivity contribution in [2.45, 2.75) is 38.7 Å². The largest absolute Gasteiger partial charge is 0.459 e. The highest BCUT2D eigenvalue weighted by Gasteiger charge is 2.16. The van der Waals surface area contributed by atoms with E-state index in [1.54, 1.807) is 6.92 Å². The van der Waals surface area contributed by atoms with Crippen molar-refractivity contribution in [3.05, 3.63) is 0 Å². The topological polar surface area (TPSA) is 64.6 Å². The molecule has 5 nitrogen and oxygen atoms in total. The lowest BCUT2D eigenvalue weighted by Gasteiger charge is -2.22. The Morgan fingerprint density at radius 1 is 1.44 bits per heavy atom. The summed E-state index contributed by atoms with van der Waals surface area (Å²) in [5.74, 6) is -1.48. The van der Waals surface area contributed by atoms with Gasteiger partial charge in [0.05, 0.1) is 12.7 Å². The predicted molar refractivity (Wildman–Crippen MR) is 57.9 cm³/mol. The smallest absolute Gasteiger partial charge is 0.396 e. The second kappa shape index (κ2) is 7.22. The Hall–Kier alpha value is -1.10. The molecule has 1 rings (SSSR count). The van der Waals surface area contributed by atoms with E-state index in [9.17, 15) is 9.59 Å². The van der Waals surface area contributed by atoms with Crippen molar-refractivity contribution in [1.82, 2.24) is 5.32 Å².